The van der Waals surface area contributed by atoms with Gasteiger partial charge >= 0.3 is 6.18 Å². The average Bonchev–Trinajstić information content (AvgIpc) is 2.56. The summed E-state index contributed by atoms with van der Waals surface area (Å²) >= 11 is 1.34. The molecule has 1 aliphatic rings. The zero-order valence-corrected chi connectivity index (χ0v) is 15.2. The molecule has 0 aliphatic carbocycles. The van der Waals surface area contributed by atoms with E-state index in [1.165, 1.54) is 16.7 Å². The SMILES string of the molecule is Cc1ccc(SC(C)C(=O)NCC(N2CCNCC2)C(F)(F)F)cc1. The summed E-state index contributed by atoms with van der Waals surface area (Å²) in [6.07, 6.45) is -4.36. The second-order valence-corrected chi connectivity index (χ2v) is 7.58. The Bertz CT molecular complexity index is 559. The lowest BCUT2D eigenvalue weighted by atomic mass is 10.2. The number of nitrogens with one attached hydrogen (secondary N) is 2. The molecule has 1 heterocycles. The maximum atomic E-state index is 13.3. The topological polar surface area (TPSA) is 44.4 Å². The molecule has 25 heavy (non-hydrogen) atoms. The van der Waals surface area contributed by atoms with Gasteiger partial charge in [0.25, 0.3) is 0 Å². The molecule has 2 rings (SSSR count). The van der Waals surface area contributed by atoms with Crippen molar-refractivity contribution in [3.8, 4) is 0 Å². The maximum absolute atomic E-state index is 13.3. The van der Waals surface area contributed by atoms with Gasteiger partial charge in [-0.3, -0.25) is 9.69 Å². The van der Waals surface area contributed by atoms with Gasteiger partial charge in [0, 0.05) is 37.6 Å². The van der Waals surface area contributed by atoms with Gasteiger partial charge in [-0.1, -0.05) is 17.7 Å². The van der Waals surface area contributed by atoms with Gasteiger partial charge in [0.15, 0.2) is 0 Å². The van der Waals surface area contributed by atoms with Crippen molar-refractivity contribution in [3.05, 3.63) is 29.8 Å². The van der Waals surface area contributed by atoms with Crippen LogP contribution in [-0.2, 0) is 4.79 Å². The van der Waals surface area contributed by atoms with Gasteiger partial charge in [-0.25, -0.2) is 0 Å². The molecular formula is C17H24F3N3OS. The second-order valence-electron chi connectivity index (χ2n) is 6.16. The number of hydrogen-bond donors (Lipinski definition) is 2. The van der Waals surface area contributed by atoms with E-state index in [4.69, 9.17) is 0 Å². The first-order chi connectivity index (χ1) is 11.8. The Morgan fingerprint density at radius 1 is 1.28 bits per heavy atom. The van der Waals surface area contributed by atoms with E-state index in [9.17, 15) is 18.0 Å². The number of thioether (sulfide) groups is 1. The van der Waals surface area contributed by atoms with Crippen molar-refractivity contribution in [2.45, 2.75) is 36.2 Å². The zero-order valence-electron chi connectivity index (χ0n) is 14.4. The third kappa shape index (κ3) is 6.20. The molecule has 1 aromatic carbocycles. The number of hydrogen-bond acceptors (Lipinski definition) is 4. The number of aryl methyl sites for hydroxylation is 1. The summed E-state index contributed by atoms with van der Waals surface area (Å²) in [6.45, 7) is 4.97. The van der Waals surface area contributed by atoms with Gasteiger partial charge in [0.05, 0.1) is 5.25 Å². The smallest absolute Gasteiger partial charge is 0.353 e. The van der Waals surface area contributed by atoms with Crippen molar-refractivity contribution < 1.29 is 18.0 Å². The van der Waals surface area contributed by atoms with Crippen molar-refractivity contribution in [1.82, 2.24) is 15.5 Å². The zero-order chi connectivity index (χ0) is 18.4. The molecule has 2 atom stereocenters. The van der Waals surface area contributed by atoms with Crippen LogP contribution in [0.5, 0.6) is 0 Å². The van der Waals surface area contributed by atoms with Gasteiger partial charge in [0.1, 0.15) is 6.04 Å². The first-order valence-electron chi connectivity index (χ1n) is 8.30. The van der Waals surface area contributed by atoms with Crippen LogP contribution in [0.3, 0.4) is 0 Å². The summed E-state index contributed by atoms with van der Waals surface area (Å²) in [5, 5.41) is 5.05. The Labute approximate surface area is 150 Å². The van der Waals surface area contributed by atoms with E-state index < -0.39 is 24.0 Å². The quantitative estimate of drug-likeness (QED) is 0.750. The molecule has 4 nitrogen and oxygen atoms in total. The Balaban J connectivity index is 1.89. The van der Waals surface area contributed by atoms with E-state index in [0.717, 1.165) is 10.5 Å². The minimum Gasteiger partial charge on any atom is -0.353 e. The fraction of sp³-hybridized carbons (Fsp3) is 0.588. The lowest BCUT2D eigenvalue weighted by molar-refractivity contribution is -0.184. The van der Waals surface area contributed by atoms with E-state index in [-0.39, 0.29) is 5.91 Å². The lowest BCUT2D eigenvalue weighted by Crippen LogP contribution is -2.57. The first-order valence-corrected chi connectivity index (χ1v) is 9.18. The standard InChI is InChI=1S/C17H24F3N3OS/c1-12-3-5-14(6-4-12)25-13(2)16(24)22-11-15(17(18,19)20)23-9-7-21-8-10-23/h3-6,13,15,21H,7-11H2,1-2H3,(H,22,24). The Kier molecular flexibility index (Phi) is 7.15. The fourth-order valence-corrected chi connectivity index (χ4v) is 3.55. The summed E-state index contributed by atoms with van der Waals surface area (Å²) in [7, 11) is 0. The van der Waals surface area contributed by atoms with E-state index in [0.29, 0.717) is 26.2 Å². The number of nitrogens with zero attached hydrogens (tertiary/aromatic N) is 1. The van der Waals surface area contributed by atoms with Crippen molar-refractivity contribution in [3.63, 3.8) is 0 Å². The second kappa shape index (κ2) is 8.91. The third-order valence-corrected chi connectivity index (χ3v) is 5.25. The van der Waals surface area contributed by atoms with Crippen LogP contribution in [-0.4, -0.2) is 61.0 Å². The number of carbonyl (C=O) groups excluding carboxylic acids is 1. The molecule has 0 aromatic heterocycles. The van der Waals surface area contributed by atoms with Crippen LogP contribution in [0.4, 0.5) is 13.2 Å². The van der Waals surface area contributed by atoms with Crippen LogP contribution < -0.4 is 10.6 Å². The minimum atomic E-state index is -4.36. The highest BCUT2D eigenvalue weighted by Gasteiger charge is 2.43. The molecule has 0 saturated carbocycles. The summed E-state index contributed by atoms with van der Waals surface area (Å²) in [4.78, 5) is 14.5. The number of halogens is 3. The first kappa shape index (κ1) is 20.1. The van der Waals surface area contributed by atoms with Crippen molar-refractivity contribution >= 4 is 17.7 Å². The largest absolute Gasteiger partial charge is 0.405 e. The summed E-state index contributed by atoms with van der Waals surface area (Å²) in [5.41, 5.74) is 1.12. The molecule has 140 valence electrons. The van der Waals surface area contributed by atoms with E-state index in [1.807, 2.05) is 31.2 Å². The number of rotatable bonds is 6. The molecule has 1 fully saturated rings. The van der Waals surface area contributed by atoms with Crippen LogP contribution in [0.15, 0.2) is 29.2 Å². The van der Waals surface area contributed by atoms with E-state index in [2.05, 4.69) is 10.6 Å². The minimum absolute atomic E-state index is 0.327. The molecule has 2 N–H and O–H groups in total. The fourth-order valence-electron chi connectivity index (χ4n) is 2.66. The predicted molar refractivity (Wildman–Crippen MR) is 93.8 cm³/mol. The normalized spacial score (nSPS) is 18.6. The van der Waals surface area contributed by atoms with Crippen LogP contribution in [0, 0.1) is 6.92 Å². The molecule has 1 amide bonds. The molecule has 0 spiro atoms. The van der Waals surface area contributed by atoms with Crippen LogP contribution in [0.2, 0.25) is 0 Å². The number of piperazine rings is 1. The highest BCUT2D eigenvalue weighted by atomic mass is 32.2. The van der Waals surface area contributed by atoms with Crippen LogP contribution in [0.1, 0.15) is 12.5 Å². The van der Waals surface area contributed by atoms with Gasteiger partial charge < -0.3 is 10.6 Å². The van der Waals surface area contributed by atoms with Crippen LogP contribution >= 0.6 is 11.8 Å². The number of benzene rings is 1. The summed E-state index contributed by atoms with van der Waals surface area (Å²) in [6, 6.07) is 6.05. The summed E-state index contributed by atoms with van der Waals surface area (Å²) in [5.74, 6) is -0.380. The average molecular weight is 375 g/mol. The molecular weight excluding hydrogens is 351 g/mol. The molecule has 1 saturated heterocycles. The molecule has 8 heteroatoms. The molecule has 2 unspecified atom stereocenters. The summed E-state index contributed by atoms with van der Waals surface area (Å²) < 4.78 is 40.0. The maximum Gasteiger partial charge on any atom is 0.405 e. The van der Waals surface area contributed by atoms with E-state index >= 15 is 0 Å². The lowest BCUT2D eigenvalue weighted by Gasteiger charge is -2.36. The van der Waals surface area contributed by atoms with Gasteiger partial charge in [0.2, 0.25) is 5.91 Å². The van der Waals surface area contributed by atoms with Crippen molar-refractivity contribution in [2.75, 3.05) is 32.7 Å². The van der Waals surface area contributed by atoms with Crippen LogP contribution in [0.25, 0.3) is 0 Å². The van der Waals surface area contributed by atoms with Crippen molar-refractivity contribution in [2.24, 2.45) is 0 Å². The Hall–Kier alpha value is -1.25. The third-order valence-electron chi connectivity index (χ3n) is 4.14. The number of amides is 1. The van der Waals surface area contributed by atoms with Gasteiger partial charge in [-0.2, -0.15) is 13.2 Å². The Morgan fingerprint density at radius 2 is 1.88 bits per heavy atom. The monoisotopic (exact) mass is 375 g/mol. The Morgan fingerprint density at radius 3 is 2.44 bits per heavy atom. The van der Waals surface area contributed by atoms with Gasteiger partial charge in [-0.15, -0.1) is 11.8 Å². The van der Waals surface area contributed by atoms with E-state index in [1.54, 1.807) is 6.92 Å². The number of alkyl halides is 3. The number of carbonyl (C=O) groups is 1. The highest BCUT2D eigenvalue weighted by Crippen LogP contribution is 2.26. The van der Waals surface area contributed by atoms with Gasteiger partial charge in [-0.05, 0) is 26.0 Å². The molecule has 0 radical (unpaired) electrons. The molecule has 0 bridgehead atoms. The predicted octanol–water partition coefficient (Wildman–Crippen LogP) is 2.43. The van der Waals surface area contributed by atoms with Crippen molar-refractivity contribution in [1.29, 1.82) is 0 Å². The molecule has 1 aliphatic heterocycles. The highest BCUT2D eigenvalue weighted by molar-refractivity contribution is 8.00. The molecule has 1 aromatic rings.